The van der Waals surface area contributed by atoms with E-state index in [-0.39, 0.29) is 23.0 Å². The van der Waals surface area contributed by atoms with Gasteiger partial charge in [-0.15, -0.1) is 0 Å². The van der Waals surface area contributed by atoms with Crippen LogP contribution in [-0.4, -0.2) is 51.6 Å². The highest BCUT2D eigenvalue weighted by Crippen LogP contribution is 2.35. The molecule has 0 bridgehead atoms. The Hall–Kier alpha value is -4.73. The molecule has 0 fully saturated rings. The van der Waals surface area contributed by atoms with Gasteiger partial charge in [0.2, 0.25) is 0 Å². The highest BCUT2D eigenvalue weighted by atomic mass is 16.4. The topological polar surface area (TPSA) is 129 Å². The lowest BCUT2D eigenvalue weighted by Crippen LogP contribution is -2.30. The first-order valence-corrected chi connectivity index (χ1v) is 12.3. The Bertz CT molecular complexity index is 1560. The monoisotopic (exact) mass is 512 g/mol. The van der Waals surface area contributed by atoms with Gasteiger partial charge >= 0.3 is 5.97 Å². The fourth-order valence-corrected chi connectivity index (χ4v) is 4.87. The van der Waals surface area contributed by atoms with Crippen LogP contribution in [0.15, 0.2) is 54.7 Å². The van der Waals surface area contributed by atoms with Crippen molar-refractivity contribution in [3.05, 3.63) is 93.9 Å². The predicted octanol–water partition coefficient (Wildman–Crippen LogP) is 3.15. The summed E-state index contributed by atoms with van der Waals surface area (Å²) in [6, 6.07) is 14.0. The van der Waals surface area contributed by atoms with Crippen LogP contribution >= 0.6 is 0 Å². The number of hydrogen-bond donors (Lipinski definition) is 3. The number of nitrogens with one attached hydrogen (secondary N) is 2. The largest absolute Gasteiger partial charge is 0.478 e. The Kier molecular flexibility index (Phi) is 6.54. The molecule has 3 N–H and O–H groups in total. The van der Waals surface area contributed by atoms with Crippen molar-refractivity contribution in [3.8, 4) is 0 Å². The van der Waals surface area contributed by atoms with Crippen LogP contribution in [0.25, 0.3) is 5.65 Å². The summed E-state index contributed by atoms with van der Waals surface area (Å²) in [6.07, 6.45) is 2.84. The van der Waals surface area contributed by atoms with Gasteiger partial charge in [0, 0.05) is 38.5 Å². The highest BCUT2D eigenvalue weighted by Gasteiger charge is 2.28. The minimum atomic E-state index is -0.966. The van der Waals surface area contributed by atoms with Crippen LogP contribution in [0.5, 0.6) is 0 Å². The normalized spacial score (nSPS) is 14.2. The number of benzene rings is 2. The van der Waals surface area contributed by atoms with Gasteiger partial charge in [-0.25, -0.2) is 14.3 Å². The summed E-state index contributed by atoms with van der Waals surface area (Å²) < 4.78 is 1.40. The lowest BCUT2D eigenvalue weighted by Gasteiger charge is -2.16. The molecule has 10 heteroatoms. The van der Waals surface area contributed by atoms with Crippen molar-refractivity contribution < 1.29 is 19.5 Å². The van der Waals surface area contributed by atoms with Gasteiger partial charge < -0.3 is 20.6 Å². The minimum Gasteiger partial charge on any atom is -0.478 e. The molecule has 0 radical (unpaired) electrons. The Balaban J connectivity index is 1.35. The molecule has 1 aliphatic rings. The van der Waals surface area contributed by atoms with Gasteiger partial charge in [-0.3, -0.25) is 9.59 Å². The summed E-state index contributed by atoms with van der Waals surface area (Å²) in [7, 11) is 3.93. The summed E-state index contributed by atoms with van der Waals surface area (Å²) >= 11 is 0. The molecule has 4 aromatic rings. The second-order valence-corrected chi connectivity index (χ2v) is 9.55. The van der Waals surface area contributed by atoms with Crippen LogP contribution in [0.3, 0.4) is 0 Å². The fraction of sp³-hybridized carbons (Fsp3) is 0.250. The first-order valence-electron chi connectivity index (χ1n) is 12.3. The zero-order valence-corrected chi connectivity index (χ0v) is 21.4. The van der Waals surface area contributed by atoms with Gasteiger partial charge in [-0.1, -0.05) is 18.2 Å². The molecule has 0 spiro atoms. The Labute approximate surface area is 219 Å². The number of hydrogen-bond acceptors (Lipinski definition) is 6. The maximum Gasteiger partial charge on any atom is 0.335 e. The Morgan fingerprint density at radius 1 is 1.08 bits per heavy atom. The van der Waals surface area contributed by atoms with Crippen molar-refractivity contribution in [2.75, 3.05) is 19.0 Å². The highest BCUT2D eigenvalue weighted by molar-refractivity contribution is 5.98. The van der Waals surface area contributed by atoms with E-state index in [0.29, 0.717) is 25.0 Å². The van der Waals surface area contributed by atoms with Gasteiger partial charge in [0.05, 0.1) is 17.8 Å². The summed E-state index contributed by atoms with van der Waals surface area (Å²) in [5, 5.41) is 19.5. The van der Waals surface area contributed by atoms with E-state index in [4.69, 9.17) is 0 Å². The molecule has 2 aromatic carbocycles. The molecule has 10 nitrogen and oxygen atoms in total. The van der Waals surface area contributed by atoms with Crippen molar-refractivity contribution in [1.82, 2.24) is 25.2 Å². The maximum absolute atomic E-state index is 13.4. The van der Waals surface area contributed by atoms with E-state index in [1.54, 1.807) is 25.1 Å². The first kappa shape index (κ1) is 24.9. The van der Waals surface area contributed by atoms with Crippen molar-refractivity contribution >= 4 is 29.1 Å². The zero-order valence-electron chi connectivity index (χ0n) is 21.4. The molecule has 0 aliphatic heterocycles. The number of anilines is 1. The number of carbonyl (C=O) groups excluding carboxylic acids is 2. The molecule has 0 saturated carbocycles. The second kappa shape index (κ2) is 9.97. The van der Waals surface area contributed by atoms with E-state index < -0.39 is 17.8 Å². The second-order valence-electron chi connectivity index (χ2n) is 9.55. The van der Waals surface area contributed by atoms with E-state index in [0.717, 1.165) is 27.9 Å². The SMILES string of the molecule is Cc1c(C(=O)O)ccc2c1CC[C@@H]2NC(=O)c1cc(C(=O)NCc2ccc(N(C)C)cc2)nc2ccnn12. The predicted molar refractivity (Wildman–Crippen MR) is 142 cm³/mol. The lowest BCUT2D eigenvalue weighted by atomic mass is 9.98. The summed E-state index contributed by atoms with van der Waals surface area (Å²) in [4.78, 5) is 44.2. The third kappa shape index (κ3) is 4.68. The third-order valence-corrected chi connectivity index (χ3v) is 6.96. The van der Waals surface area contributed by atoms with E-state index in [2.05, 4.69) is 20.7 Å². The standard InChI is InChI=1S/C28H28N6O4/c1-16-19-10-11-22(21(19)9-8-20(16)28(37)38)32-27(36)24-14-23(31-25-12-13-30-34(24)25)26(35)29-15-17-4-6-18(7-5-17)33(2)3/h4-9,12-14,22H,10-11,15H2,1-3H3,(H,29,35)(H,32,36)(H,37,38)/t22-/m0/s1. The molecule has 1 aliphatic carbocycles. The number of amides is 2. The zero-order chi connectivity index (χ0) is 27.0. The Morgan fingerprint density at radius 3 is 2.55 bits per heavy atom. The maximum atomic E-state index is 13.4. The van der Waals surface area contributed by atoms with Crippen molar-refractivity contribution in [2.24, 2.45) is 0 Å². The van der Waals surface area contributed by atoms with Gasteiger partial charge in [0.25, 0.3) is 11.8 Å². The Morgan fingerprint density at radius 2 is 1.84 bits per heavy atom. The molecule has 5 rings (SSSR count). The summed E-state index contributed by atoms with van der Waals surface area (Å²) in [6.45, 7) is 2.11. The lowest BCUT2D eigenvalue weighted by molar-refractivity contribution is 0.0695. The first-order chi connectivity index (χ1) is 18.2. The molecule has 1 atom stereocenters. The van der Waals surface area contributed by atoms with E-state index in [9.17, 15) is 19.5 Å². The van der Waals surface area contributed by atoms with Gasteiger partial charge in [-0.05, 0) is 60.2 Å². The van der Waals surface area contributed by atoms with Gasteiger partial charge in [-0.2, -0.15) is 5.10 Å². The fourth-order valence-electron chi connectivity index (χ4n) is 4.87. The average molecular weight is 513 g/mol. The molecule has 0 saturated heterocycles. The third-order valence-electron chi connectivity index (χ3n) is 6.96. The van der Waals surface area contributed by atoms with Crippen LogP contribution in [0.1, 0.15) is 66.1 Å². The minimum absolute atomic E-state index is 0.113. The quantitative estimate of drug-likeness (QED) is 0.347. The van der Waals surface area contributed by atoms with Crippen LogP contribution in [0, 0.1) is 6.92 Å². The molecular weight excluding hydrogens is 484 g/mol. The van der Waals surface area contributed by atoms with Crippen molar-refractivity contribution in [2.45, 2.75) is 32.4 Å². The molecule has 0 unspecified atom stereocenters. The molecular formula is C28H28N6O4. The van der Waals surface area contributed by atoms with Gasteiger partial charge in [0.15, 0.2) is 5.65 Å². The molecule has 38 heavy (non-hydrogen) atoms. The van der Waals surface area contributed by atoms with Gasteiger partial charge in [0.1, 0.15) is 11.4 Å². The number of carbonyl (C=O) groups is 3. The number of nitrogens with zero attached hydrogens (tertiary/aromatic N) is 4. The number of rotatable bonds is 7. The molecule has 2 amide bonds. The van der Waals surface area contributed by atoms with E-state index >= 15 is 0 Å². The van der Waals surface area contributed by atoms with E-state index in [1.165, 1.54) is 16.8 Å². The van der Waals surface area contributed by atoms with Crippen LogP contribution in [0.2, 0.25) is 0 Å². The summed E-state index contributed by atoms with van der Waals surface area (Å²) in [5.41, 5.74) is 5.53. The molecule has 2 aromatic heterocycles. The summed E-state index contributed by atoms with van der Waals surface area (Å²) in [5.74, 6) is -1.76. The van der Waals surface area contributed by atoms with Crippen molar-refractivity contribution in [1.29, 1.82) is 0 Å². The number of aromatic nitrogens is 3. The molecule has 2 heterocycles. The number of fused-ring (bicyclic) bond motifs is 2. The van der Waals surface area contributed by atoms with Crippen molar-refractivity contribution in [3.63, 3.8) is 0 Å². The smallest absolute Gasteiger partial charge is 0.335 e. The number of carboxylic acids is 1. The van der Waals surface area contributed by atoms with Crippen LogP contribution in [0.4, 0.5) is 5.69 Å². The van der Waals surface area contributed by atoms with E-state index in [1.807, 2.05) is 43.3 Å². The average Bonchev–Trinajstić information content (AvgIpc) is 3.54. The van der Waals surface area contributed by atoms with Crippen LogP contribution < -0.4 is 15.5 Å². The molecule has 194 valence electrons. The number of aromatic carboxylic acids is 1. The number of carboxylic acid groups (broad SMARTS) is 1. The van der Waals surface area contributed by atoms with Crippen LogP contribution in [-0.2, 0) is 13.0 Å².